The fourth-order valence-corrected chi connectivity index (χ4v) is 3.48. The van der Waals surface area contributed by atoms with Crippen LogP contribution in [0.5, 0.6) is 5.75 Å². The molecular formula is C20H21N5O3S. The molecule has 2 amide bonds. The highest BCUT2D eigenvalue weighted by Gasteiger charge is 2.15. The molecule has 1 heterocycles. The van der Waals surface area contributed by atoms with Crippen LogP contribution in [0.15, 0.2) is 53.7 Å². The minimum Gasteiger partial charge on any atom is -0.497 e. The number of aromatic nitrogens is 3. The van der Waals surface area contributed by atoms with Crippen LogP contribution in [0.2, 0.25) is 0 Å². The number of rotatable bonds is 8. The first kappa shape index (κ1) is 20.4. The number of hydrogen-bond donors (Lipinski definition) is 2. The minimum atomic E-state index is -0.509. The van der Waals surface area contributed by atoms with Crippen molar-refractivity contribution in [2.24, 2.45) is 5.73 Å². The first-order valence-electron chi connectivity index (χ1n) is 8.92. The Hall–Kier alpha value is -3.33. The molecular weight excluding hydrogens is 390 g/mol. The first-order chi connectivity index (χ1) is 14.0. The van der Waals surface area contributed by atoms with E-state index in [1.165, 1.54) is 11.8 Å². The summed E-state index contributed by atoms with van der Waals surface area (Å²) in [6, 6.07) is 14.0. The lowest BCUT2D eigenvalue weighted by atomic mass is 10.2. The van der Waals surface area contributed by atoms with E-state index in [-0.39, 0.29) is 11.7 Å². The van der Waals surface area contributed by atoms with Crippen LogP contribution in [0, 0.1) is 0 Å². The molecule has 0 spiro atoms. The molecule has 2 aromatic carbocycles. The monoisotopic (exact) mass is 411 g/mol. The Morgan fingerprint density at radius 1 is 1.10 bits per heavy atom. The number of thioether (sulfide) groups is 1. The van der Waals surface area contributed by atoms with Crippen molar-refractivity contribution >= 4 is 29.3 Å². The van der Waals surface area contributed by atoms with E-state index in [1.807, 2.05) is 35.8 Å². The van der Waals surface area contributed by atoms with E-state index in [9.17, 15) is 9.59 Å². The molecule has 0 aliphatic rings. The SMILES string of the molecule is CCn1c(SCC(=O)Nc2ccc(C(N)=O)cc2)nnc1-c1ccc(OC)cc1. The maximum absolute atomic E-state index is 12.3. The number of nitrogens with two attached hydrogens (primary N) is 1. The molecule has 3 aromatic rings. The molecule has 1 aromatic heterocycles. The molecule has 0 aliphatic carbocycles. The van der Waals surface area contributed by atoms with Crippen LogP contribution < -0.4 is 15.8 Å². The van der Waals surface area contributed by atoms with Crippen LogP contribution in [-0.2, 0) is 11.3 Å². The molecule has 0 fully saturated rings. The Labute approximate surface area is 172 Å². The second-order valence-electron chi connectivity index (χ2n) is 6.06. The summed E-state index contributed by atoms with van der Waals surface area (Å²) < 4.78 is 7.14. The van der Waals surface area contributed by atoms with Crippen LogP contribution >= 0.6 is 11.8 Å². The topological polar surface area (TPSA) is 112 Å². The van der Waals surface area contributed by atoms with Crippen molar-refractivity contribution in [1.82, 2.24) is 14.8 Å². The van der Waals surface area contributed by atoms with Gasteiger partial charge in [0.1, 0.15) is 5.75 Å². The van der Waals surface area contributed by atoms with Crippen molar-refractivity contribution in [2.45, 2.75) is 18.6 Å². The first-order valence-corrected chi connectivity index (χ1v) is 9.90. The van der Waals surface area contributed by atoms with Crippen molar-refractivity contribution in [3.05, 3.63) is 54.1 Å². The Morgan fingerprint density at radius 2 is 1.79 bits per heavy atom. The molecule has 0 atom stereocenters. The number of methoxy groups -OCH3 is 1. The van der Waals surface area contributed by atoms with Gasteiger partial charge in [-0.15, -0.1) is 10.2 Å². The third kappa shape index (κ3) is 4.94. The van der Waals surface area contributed by atoms with E-state index >= 15 is 0 Å². The molecule has 150 valence electrons. The molecule has 3 rings (SSSR count). The average Bonchev–Trinajstić information content (AvgIpc) is 3.15. The zero-order chi connectivity index (χ0) is 20.8. The molecule has 29 heavy (non-hydrogen) atoms. The number of carbonyl (C=O) groups is 2. The van der Waals surface area contributed by atoms with Crippen LogP contribution in [0.4, 0.5) is 5.69 Å². The normalized spacial score (nSPS) is 10.6. The number of anilines is 1. The highest BCUT2D eigenvalue weighted by molar-refractivity contribution is 7.99. The zero-order valence-corrected chi connectivity index (χ0v) is 16.9. The Kier molecular flexibility index (Phi) is 6.50. The van der Waals surface area contributed by atoms with Gasteiger partial charge in [0.2, 0.25) is 11.8 Å². The van der Waals surface area contributed by atoms with E-state index in [0.29, 0.717) is 23.0 Å². The van der Waals surface area contributed by atoms with Crippen molar-refractivity contribution in [3.63, 3.8) is 0 Å². The van der Waals surface area contributed by atoms with Gasteiger partial charge < -0.3 is 20.4 Å². The smallest absolute Gasteiger partial charge is 0.248 e. The third-order valence-corrected chi connectivity index (χ3v) is 5.13. The number of nitrogens with one attached hydrogen (secondary N) is 1. The number of benzene rings is 2. The second-order valence-corrected chi connectivity index (χ2v) is 7.00. The van der Waals surface area contributed by atoms with E-state index in [1.54, 1.807) is 31.4 Å². The highest BCUT2D eigenvalue weighted by atomic mass is 32.2. The van der Waals surface area contributed by atoms with Gasteiger partial charge in [-0.05, 0) is 55.5 Å². The minimum absolute atomic E-state index is 0.179. The predicted octanol–water partition coefficient (Wildman–Crippen LogP) is 2.80. The van der Waals surface area contributed by atoms with Gasteiger partial charge in [-0.3, -0.25) is 9.59 Å². The van der Waals surface area contributed by atoms with Crippen molar-refractivity contribution < 1.29 is 14.3 Å². The largest absolute Gasteiger partial charge is 0.497 e. The predicted molar refractivity (Wildman–Crippen MR) is 112 cm³/mol. The van der Waals surface area contributed by atoms with Gasteiger partial charge in [-0.2, -0.15) is 0 Å². The molecule has 9 heteroatoms. The van der Waals surface area contributed by atoms with Gasteiger partial charge in [0, 0.05) is 23.4 Å². The maximum Gasteiger partial charge on any atom is 0.248 e. The Balaban J connectivity index is 1.64. The molecule has 3 N–H and O–H groups in total. The molecule has 0 saturated carbocycles. The fourth-order valence-electron chi connectivity index (χ4n) is 2.68. The number of hydrogen-bond acceptors (Lipinski definition) is 6. The lowest BCUT2D eigenvalue weighted by Crippen LogP contribution is -2.15. The third-order valence-electron chi connectivity index (χ3n) is 4.17. The molecule has 0 radical (unpaired) electrons. The van der Waals surface area contributed by atoms with Gasteiger partial charge in [0.25, 0.3) is 0 Å². The zero-order valence-electron chi connectivity index (χ0n) is 16.1. The molecule has 8 nitrogen and oxygen atoms in total. The van der Waals surface area contributed by atoms with Gasteiger partial charge in [0.05, 0.1) is 12.9 Å². The lowest BCUT2D eigenvalue weighted by molar-refractivity contribution is -0.113. The van der Waals surface area contributed by atoms with Crippen molar-refractivity contribution in [3.8, 4) is 17.1 Å². The number of nitrogens with zero attached hydrogens (tertiary/aromatic N) is 3. The molecule has 0 saturated heterocycles. The summed E-state index contributed by atoms with van der Waals surface area (Å²) in [7, 11) is 1.62. The van der Waals surface area contributed by atoms with Crippen LogP contribution in [-0.4, -0.2) is 39.4 Å². The summed E-state index contributed by atoms with van der Waals surface area (Å²) >= 11 is 1.31. The summed E-state index contributed by atoms with van der Waals surface area (Å²) in [6.07, 6.45) is 0. The van der Waals surface area contributed by atoms with E-state index in [4.69, 9.17) is 10.5 Å². The average molecular weight is 411 g/mol. The summed E-state index contributed by atoms with van der Waals surface area (Å²) in [6.45, 7) is 2.67. The molecule has 0 bridgehead atoms. The quantitative estimate of drug-likeness (QED) is 0.551. The van der Waals surface area contributed by atoms with Gasteiger partial charge in [-0.25, -0.2) is 0 Å². The Morgan fingerprint density at radius 3 is 2.38 bits per heavy atom. The summed E-state index contributed by atoms with van der Waals surface area (Å²) in [5, 5.41) is 12.0. The summed E-state index contributed by atoms with van der Waals surface area (Å²) in [4.78, 5) is 23.4. The van der Waals surface area contributed by atoms with Crippen LogP contribution in [0.1, 0.15) is 17.3 Å². The van der Waals surface area contributed by atoms with Crippen molar-refractivity contribution in [1.29, 1.82) is 0 Å². The van der Waals surface area contributed by atoms with E-state index in [0.717, 1.165) is 17.1 Å². The number of ether oxygens (including phenoxy) is 1. The standard InChI is InChI=1S/C20H21N5O3S/c1-3-25-19(14-6-10-16(28-2)11-7-14)23-24-20(25)29-12-17(26)22-15-8-4-13(5-9-15)18(21)27/h4-11H,3,12H2,1-2H3,(H2,21,27)(H,22,26). The van der Waals surface area contributed by atoms with E-state index < -0.39 is 5.91 Å². The fraction of sp³-hybridized carbons (Fsp3) is 0.200. The summed E-state index contributed by atoms with van der Waals surface area (Å²) in [5.41, 5.74) is 7.12. The number of amides is 2. The molecule has 0 aliphatic heterocycles. The van der Waals surface area contributed by atoms with Crippen LogP contribution in [0.25, 0.3) is 11.4 Å². The Bertz CT molecular complexity index is 1000. The molecule has 0 unspecified atom stereocenters. The van der Waals surface area contributed by atoms with Gasteiger partial charge in [0.15, 0.2) is 11.0 Å². The van der Waals surface area contributed by atoms with Gasteiger partial charge in [-0.1, -0.05) is 11.8 Å². The van der Waals surface area contributed by atoms with Crippen LogP contribution in [0.3, 0.4) is 0 Å². The second kappa shape index (κ2) is 9.24. The number of carbonyl (C=O) groups excluding carboxylic acids is 2. The summed E-state index contributed by atoms with van der Waals surface area (Å²) in [5.74, 6) is 0.994. The number of primary amides is 1. The van der Waals surface area contributed by atoms with Gasteiger partial charge >= 0.3 is 0 Å². The maximum atomic E-state index is 12.3. The lowest BCUT2D eigenvalue weighted by Gasteiger charge is -2.08. The van der Waals surface area contributed by atoms with Crippen molar-refractivity contribution in [2.75, 3.05) is 18.2 Å². The van der Waals surface area contributed by atoms with E-state index in [2.05, 4.69) is 15.5 Å². The highest BCUT2D eigenvalue weighted by Crippen LogP contribution is 2.25.